The normalized spacial score (nSPS) is 16.5. The first kappa shape index (κ1) is 21.3. The fourth-order valence-corrected chi connectivity index (χ4v) is 5.33. The Kier molecular flexibility index (Phi) is 6.64. The van der Waals surface area contributed by atoms with E-state index in [1.54, 1.807) is 11.3 Å². The molecule has 32 heavy (non-hydrogen) atoms. The first-order valence-corrected chi connectivity index (χ1v) is 12.6. The molecule has 2 aromatic carbocycles. The summed E-state index contributed by atoms with van der Waals surface area (Å²) < 4.78 is 13.2. The minimum atomic E-state index is 0.740. The van der Waals surface area contributed by atoms with E-state index in [9.17, 15) is 0 Å². The largest absolute Gasteiger partial charge is 0.494 e. The van der Waals surface area contributed by atoms with Gasteiger partial charge in [0, 0.05) is 38.8 Å². The van der Waals surface area contributed by atoms with Gasteiger partial charge in [0.05, 0.1) is 33.2 Å². The molecule has 0 radical (unpaired) electrons. The smallest absolute Gasteiger partial charge is 0.165 e. The number of thiazole rings is 1. The van der Waals surface area contributed by atoms with Crippen molar-refractivity contribution in [3.05, 3.63) is 41.4 Å². The number of anilines is 2. The zero-order valence-electron chi connectivity index (χ0n) is 18.8. The molecule has 0 amide bonds. The van der Waals surface area contributed by atoms with E-state index in [0.717, 1.165) is 94.4 Å². The van der Waals surface area contributed by atoms with E-state index >= 15 is 0 Å². The van der Waals surface area contributed by atoms with Crippen molar-refractivity contribution in [3.63, 3.8) is 0 Å². The van der Waals surface area contributed by atoms with Crippen LogP contribution in [0.1, 0.15) is 24.8 Å². The number of aryl methyl sites for hydroxylation is 1. The van der Waals surface area contributed by atoms with Gasteiger partial charge in [0.2, 0.25) is 0 Å². The summed E-state index contributed by atoms with van der Waals surface area (Å²) in [6.45, 7) is 9.94. The maximum Gasteiger partial charge on any atom is 0.165 e. The molecule has 0 bridgehead atoms. The fourth-order valence-electron chi connectivity index (χ4n) is 4.44. The van der Waals surface area contributed by atoms with E-state index in [-0.39, 0.29) is 0 Å². The lowest BCUT2D eigenvalue weighted by Crippen LogP contribution is -2.46. The second kappa shape index (κ2) is 9.96. The highest BCUT2D eigenvalue weighted by Crippen LogP contribution is 2.38. The van der Waals surface area contributed by atoms with E-state index in [1.807, 2.05) is 0 Å². The number of rotatable bonds is 8. The van der Waals surface area contributed by atoms with Crippen molar-refractivity contribution in [2.45, 2.75) is 26.2 Å². The number of aromatic nitrogens is 1. The Morgan fingerprint density at radius 2 is 2.03 bits per heavy atom. The average molecular weight is 453 g/mol. The van der Waals surface area contributed by atoms with Crippen LogP contribution in [0.5, 0.6) is 11.5 Å². The van der Waals surface area contributed by atoms with Crippen LogP contribution >= 0.6 is 11.3 Å². The maximum absolute atomic E-state index is 5.99. The second-order valence-corrected chi connectivity index (χ2v) is 9.52. The molecule has 1 saturated heterocycles. The summed E-state index contributed by atoms with van der Waals surface area (Å²) in [5.74, 6) is 1.95. The van der Waals surface area contributed by atoms with Crippen LogP contribution in [0.4, 0.5) is 11.4 Å². The van der Waals surface area contributed by atoms with E-state index < -0.39 is 0 Å². The lowest BCUT2D eigenvalue weighted by molar-refractivity contribution is 0.237. The molecule has 0 spiro atoms. The van der Waals surface area contributed by atoms with Gasteiger partial charge in [0.15, 0.2) is 5.75 Å². The molecule has 1 N–H and O–H groups in total. The summed E-state index contributed by atoms with van der Waals surface area (Å²) in [4.78, 5) is 9.70. The van der Waals surface area contributed by atoms with Crippen LogP contribution in [0.2, 0.25) is 0 Å². The molecule has 1 aromatic heterocycles. The zero-order chi connectivity index (χ0) is 21.8. The van der Waals surface area contributed by atoms with Gasteiger partial charge in [-0.15, -0.1) is 11.3 Å². The van der Waals surface area contributed by atoms with Crippen LogP contribution in [0.3, 0.4) is 0 Å². The summed E-state index contributed by atoms with van der Waals surface area (Å²) in [5.41, 5.74) is 3.41. The minimum absolute atomic E-state index is 0.740. The third-order valence-corrected chi connectivity index (χ3v) is 7.40. The predicted octanol–water partition coefficient (Wildman–Crippen LogP) is 4.64. The number of unbranched alkanes of at least 4 members (excludes halogenated alkanes) is 1. The van der Waals surface area contributed by atoms with Gasteiger partial charge >= 0.3 is 0 Å². The second-order valence-electron chi connectivity index (χ2n) is 8.40. The van der Waals surface area contributed by atoms with Gasteiger partial charge < -0.3 is 19.7 Å². The van der Waals surface area contributed by atoms with Crippen molar-refractivity contribution in [2.75, 3.05) is 62.7 Å². The highest BCUT2D eigenvalue weighted by molar-refractivity contribution is 7.18. The first-order chi connectivity index (χ1) is 15.8. The molecule has 6 nitrogen and oxygen atoms in total. The average Bonchev–Trinajstić information content (AvgIpc) is 3.26. The predicted molar refractivity (Wildman–Crippen MR) is 133 cm³/mol. The summed E-state index contributed by atoms with van der Waals surface area (Å²) in [7, 11) is 0. The topological polar surface area (TPSA) is 49.9 Å². The fraction of sp³-hybridized carbons (Fsp3) is 0.480. The SMILES string of the molecule is CCc1nc2cc(OCCCCN3CCN(c4cccc5c4OCCN5)CC3)ccc2s1. The molecule has 0 aliphatic carbocycles. The Labute approximate surface area is 194 Å². The molecule has 7 heteroatoms. The molecule has 2 aliphatic heterocycles. The molecule has 0 unspecified atom stereocenters. The van der Waals surface area contributed by atoms with Crippen molar-refractivity contribution < 1.29 is 9.47 Å². The van der Waals surface area contributed by atoms with Crippen LogP contribution < -0.4 is 19.7 Å². The van der Waals surface area contributed by atoms with E-state index in [2.05, 4.69) is 63.4 Å². The van der Waals surface area contributed by atoms with E-state index in [0.29, 0.717) is 0 Å². The summed E-state index contributed by atoms with van der Waals surface area (Å²) in [5, 5.41) is 4.63. The molecule has 2 aliphatic rings. The van der Waals surface area contributed by atoms with Gasteiger partial charge in [0.25, 0.3) is 0 Å². The van der Waals surface area contributed by atoms with Gasteiger partial charge in [-0.05, 0) is 50.1 Å². The molecule has 3 aromatic rings. The Balaban J connectivity index is 1.04. The molecule has 1 fully saturated rings. The Bertz CT molecular complexity index is 1050. The Morgan fingerprint density at radius 3 is 2.91 bits per heavy atom. The van der Waals surface area contributed by atoms with Crippen molar-refractivity contribution in [1.82, 2.24) is 9.88 Å². The third-order valence-electron chi connectivity index (χ3n) is 6.21. The van der Waals surface area contributed by atoms with Gasteiger partial charge in [-0.25, -0.2) is 4.98 Å². The van der Waals surface area contributed by atoms with E-state index in [4.69, 9.17) is 9.47 Å². The first-order valence-electron chi connectivity index (χ1n) is 11.8. The number of para-hydroxylation sites is 1. The molecule has 5 rings (SSSR count). The number of piperazine rings is 1. The van der Waals surface area contributed by atoms with Crippen LogP contribution in [-0.2, 0) is 6.42 Å². The molecule has 0 atom stereocenters. The number of hydrogen-bond acceptors (Lipinski definition) is 7. The van der Waals surface area contributed by atoms with E-state index in [1.165, 1.54) is 15.4 Å². The minimum Gasteiger partial charge on any atom is -0.494 e. The molecular weight excluding hydrogens is 420 g/mol. The quantitative estimate of drug-likeness (QED) is 0.503. The standard InChI is InChI=1S/C25H32N4O2S/c1-2-24-27-21-18-19(8-9-23(21)32-24)30-16-4-3-11-28-12-14-29(15-13-28)22-7-5-6-20-25(22)31-17-10-26-20/h5-9,18,26H,2-4,10-17H2,1H3. The Morgan fingerprint density at radius 1 is 1.12 bits per heavy atom. The van der Waals surface area contributed by atoms with Crippen molar-refractivity contribution in [1.29, 1.82) is 0 Å². The molecule has 0 saturated carbocycles. The lowest BCUT2D eigenvalue weighted by atomic mass is 10.2. The van der Waals surface area contributed by atoms with Crippen molar-refractivity contribution >= 4 is 32.9 Å². The van der Waals surface area contributed by atoms with Crippen molar-refractivity contribution in [2.24, 2.45) is 0 Å². The van der Waals surface area contributed by atoms with Crippen LogP contribution in [0.15, 0.2) is 36.4 Å². The summed E-state index contributed by atoms with van der Waals surface area (Å²) in [6, 6.07) is 12.7. The molecule has 3 heterocycles. The summed E-state index contributed by atoms with van der Waals surface area (Å²) >= 11 is 1.77. The van der Waals surface area contributed by atoms with Gasteiger partial charge in [-0.3, -0.25) is 4.90 Å². The number of fused-ring (bicyclic) bond motifs is 2. The maximum atomic E-state index is 5.99. The number of ether oxygens (including phenoxy) is 2. The number of benzene rings is 2. The van der Waals surface area contributed by atoms with Crippen LogP contribution in [0, 0.1) is 0 Å². The molecular formula is C25H32N4O2S. The third kappa shape index (κ3) is 4.79. The van der Waals surface area contributed by atoms with Gasteiger partial charge in [-0.2, -0.15) is 0 Å². The lowest BCUT2D eigenvalue weighted by Gasteiger charge is -2.37. The highest BCUT2D eigenvalue weighted by Gasteiger charge is 2.22. The van der Waals surface area contributed by atoms with Crippen molar-refractivity contribution in [3.8, 4) is 11.5 Å². The number of nitrogens with zero attached hydrogens (tertiary/aromatic N) is 3. The monoisotopic (exact) mass is 452 g/mol. The molecule has 170 valence electrons. The van der Waals surface area contributed by atoms with Gasteiger partial charge in [0.1, 0.15) is 12.4 Å². The number of hydrogen-bond donors (Lipinski definition) is 1. The summed E-state index contributed by atoms with van der Waals surface area (Å²) in [6.07, 6.45) is 3.22. The van der Waals surface area contributed by atoms with Crippen LogP contribution in [0.25, 0.3) is 10.2 Å². The van der Waals surface area contributed by atoms with Crippen LogP contribution in [-0.4, -0.2) is 62.4 Å². The Hall–Kier alpha value is -2.51. The zero-order valence-corrected chi connectivity index (χ0v) is 19.6. The van der Waals surface area contributed by atoms with Gasteiger partial charge in [-0.1, -0.05) is 13.0 Å². The highest BCUT2D eigenvalue weighted by atomic mass is 32.1. The number of nitrogens with one attached hydrogen (secondary N) is 1.